The van der Waals surface area contributed by atoms with Crippen molar-refractivity contribution in [2.45, 2.75) is 63.8 Å². The Hall–Kier alpha value is -2.26. The SMILES string of the molecule is Cc1ccc(S(=O)(=O)NCCC(=O)NC(c2nc(C3CC3)no2)C(C)C)cc1C. The predicted molar refractivity (Wildman–Crippen MR) is 108 cm³/mol. The van der Waals surface area contributed by atoms with Gasteiger partial charge in [-0.2, -0.15) is 4.98 Å². The molecule has 1 saturated carbocycles. The molecule has 1 aliphatic carbocycles. The number of aromatic nitrogens is 2. The number of rotatable bonds is 9. The zero-order chi connectivity index (χ0) is 21.2. The van der Waals surface area contributed by atoms with Gasteiger partial charge in [-0.15, -0.1) is 0 Å². The molecular weight excluding hydrogens is 392 g/mol. The number of nitrogens with one attached hydrogen (secondary N) is 2. The summed E-state index contributed by atoms with van der Waals surface area (Å²) in [7, 11) is -3.66. The summed E-state index contributed by atoms with van der Waals surface area (Å²) in [6, 6.07) is 4.55. The minimum atomic E-state index is -3.66. The quantitative estimate of drug-likeness (QED) is 0.645. The maximum atomic E-state index is 12.4. The highest BCUT2D eigenvalue weighted by Crippen LogP contribution is 2.38. The van der Waals surface area contributed by atoms with Crippen LogP contribution in [0.5, 0.6) is 0 Å². The van der Waals surface area contributed by atoms with Gasteiger partial charge in [0, 0.05) is 18.9 Å². The molecule has 1 heterocycles. The van der Waals surface area contributed by atoms with Crippen molar-refractivity contribution >= 4 is 15.9 Å². The Morgan fingerprint density at radius 3 is 2.59 bits per heavy atom. The van der Waals surface area contributed by atoms with Crippen molar-refractivity contribution in [3.8, 4) is 0 Å². The van der Waals surface area contributed by atoms with E-state index in [1.165, 1.54) is 0 Å². The molecule has 0 bridgehead atoms. The van der Waals surface area contributed by atoms with Crippen LogP contribution in [0.3, 0.4) is 0 Å². The van der Waals surface area contributed by atoms with Crippen LogP contribution in [0, 0.1) is 19.8 Å². The van der Waals surface area contributed by atoms with Crippen LogP contribution in [0.4, 0.5) is 0 Å². The maximum absolute atomic E-state index is 12.4. The number of benzene rings is 1. The fourth-order valence-electron chi connectivity index (χ4n) is 2.90. The minimum Gasteiger partial charge on any atom is -0.344 e. The summed E-state index contributed by atoms with van der Waals surface area (Å²) in [4.78, 5) is 17.0. The molecule has 3 rings (SSSR count). The molecule has 158 valence electrons. The second-order valence-electron chi connectivity index (χ2n) is 7.95. The van der Waals surface area contributed by atoms with Gasteiger partial charge in [0.05, 0.1) is 4.90 Å². The lowest BCUT2D eigenvalue weighted by molar-refractivity contribution is -0.122. The number of aryl methyl sites for hydroxylation is 2. The lowest BCUT2D eigenvalue weighted by atomic mass is 10.0. The number of amides is 1. The van der Waals surface area contributed by atoms with Crippen molar-refractivity contribution in [1.29, 1.82) is 0 Å². The lowest BCUT2D eigenvalue weighted by Gasteiger charge is -2.18. The normalized spacial score (nSPS) is 15.5. The fourth-order valence-corrected chi connectivity index (χ4v) is 4.02. The monoisotopic (exact) mass is 420 g/mol. The van der Waals surface area contributed by atoms with Crippen molar-refractivity contribution < 1.29 is 17.7 Å². The van der Waals surface area contributed by atoms with E-state index < -0.39 is 16.1 Å². The molecule has 1 aromatic heterocycles. The summed E-state index contributed by atoms with van der Waals surface area (Å²) in [5.74, 6) is 1.24. The number of nitrogens with zero attached hydrogens (tertiary/aromatic N) is 2. The summed E-state index contributed by atoms with van der Waals surface area (Å²) in [6.45, 7) is 7.69. The second kappa shape index (κ2) is 8.62. The molecule has 0 radical (unpaired) electrons. The van der Waals surface area contributed by atoms with Crippen LogP contribution in [0.15, 0.2) is 27.6 Å². The average Bonchev–Trinajstić information content (AvgIpc) is 3.39. The van der Waals surface area contributed by atoms with Crippen LogP contribution in [0.2, 0.25) is 0 Å². The van der Waals surface area contributed by atoms with Crippen LogP contribution in [-0.4, -0.2) is 31.0 Å². The molecule has 1 aromatic carbocycles. The second-order valence-corrected chi connectivity index (χ2v) is 9.72. The largest absolute Gasteiger partial charge is 0.344 e. The van der Waals surface area contributed by atoms with Gasteiger partial charge in [-0.05, 0) is 55.9 Å². The Morgan fingerprint density at radius 2 is 1.97 bits per heavy atom. The first-order valence-electron chi connectivity index (χ1n) is 9.87. The van der Waals surface area contributed by atoms with Gasteiger partial charge in [0.2, 0.25) is 21.8 Å². The Morgan fingerprint density at radius 1 is 1.24 bits per heavy atom. The van der Waals surface area contributed by atoms with Crippen LogP contribution in [0.1, 0.15) is 67.9 Å². The molecule has 1 unspecified atom stereocenters. The summed E-state index contributed by atoms with van der Waals surface area (Å²) in [6.07, 6.45) is 2.15. The van der Waals surface area contributed by atoms with E-state index in [1.54, 1.807) is 18.2 Å². The standard InChI is InChI=1S/C20H28N4O4S/c1-12(2)18(20-23-19(24-28-20)15-6-7-15)22-17(25)9-10-21-29(26,27)16-8-5-13(3)14(4)11-16/h5,8,11-12,15,18,21H,6-7,9-10H2,1-4H3,(H,22,25). The maximum Gasteiger partial charge on any atom is 0.249 e. The predicted octanol–water partition coefficient (Wildman–Crippen LogP) is 2.75. The van der Waals surface area contributed by atoms with Crippen LogP contribution in [-0.2, 0) is 14.8 Å². The fraction of sp³-hybridized carbons (Fsp3) is 0.550. The van der Waals surface area contributed by atoms with Gasteiger partial charge in [-0.25, -0.2) is 13.1 Å². The molecule has 1 fully saturated rings. The highest BCUT2D eigenvalue weighted by molar-refractivity contribution is 7.89. The van der Waals surface area contributed by atoms with E-state index in [-0.39, 0.29) is 29.7 Å². The molecular formula is C20H28N4O4S. The van der Waals surface area contributed by atoms with Crippen LogP contribution in [0.25, 0.3) is 0 Å². The summed E-state index contributed by atoms with van der Waals surface area (Å²) < 4.78 is 32.7. The number of hydrogen-bond donors (Lipinski definition) is 2. The Bertz CT molecular complexity index is 980. The molecule has 0 aliphatic heterocycles. The Labute approximate surface area is 171 Å². The first kappa shape index (κ1) is 21.4. The summed E-state index contributed by atoms with van der Waals surface area (Å²) >= 11 is 0. The topological polar surface area (TPSA) is 114 Å². The van der Waals surface area contributed by atoms with Gasteiger partial charge < -0.3 is 9.84 Å². The average molecular weight is 421 g/mol. The van der Waals surface area contributed by atoms with Crippen molar-refractivity contribution in [1.82, 2.24) is 20.2 Å². The van der Waals surface area contributed by atoms with Crippen LogP contribution < -0.4 is 10.0 Å². The molecule has 2 aromatic rings. The van der Waals surface area contributed by atoms with Gasteiger partial charge in [0.1, 0.15) is 6.04 Å². The molecule has 1 atom stereocenters. The number of hydrogen-bond acceptors (Lipinski definition) is 6. The van der Waals surface area contributed by atoms with Crippen molar-refractivity contribution in [3.05, 3.63) is 41.0 Å². The highest BCUT2D eigenvalue weighted by atomic mass is 32.2. The van der Waals surface area contributed by atoms with Gasteiger partial charge in [-0.3, -0.25) is 4.79 Å². The molecule has 0 saturated heterocycles. The van der Waals surface area contributed by atoms with Gasteiger partial charge >= 0.3 is 0 Å². The zero-order valence-electron chi connectivity index (χ0n) is 17.2. The molecule has 0 spiro atoms. The first-order chi connectivity index (χ1) is 13.7. The van der Waals surface area contributed by atoms with E-state index in [4.69, 9.17) is 4.52 Å². The molecule has 9 heteroatoms. The molecule has 8 nitrogen and oxygen atoms in total. The van der Waals surface area contributed by atoms with Gasteiger partial charge in [0.25, 0.3) is 0 Å². The van der Waals surface area contributed by atoms with E-state index in [2.05, 4.69) is 20.2 Å². The molecule has 2 N–H and O–H groups in total. The zero-order valence-corrected chi connectivity index (χ0v) is 18.0. The number of carbonyl (C=O) groups excluding carboxylic acids is 1. The molecule has 29 heavy (non-hydrogen) atoms. The van der Waals surface area contributed by atoms with E-state index >= 15 is 0 Å². The lowest BCUT2D eigenvalue weighted by Crippen LogP contribution is -2.35. The Kier molecular flexibility index (Phi) is 6.38. The Balaban J connectivity index is 1.55. The van der Waals surface area contributed by atoms with E-state index in [1.807, 2.05) is 27.7 Å². The third-order valence-electron chi connectivity index (χ3n) is 5.08. The van der Waals surface area contributed by atoms with E-state index in [0.717, 1.165) is 24.0 Å². The van der Waals surface area contributed by atoms with E-state index in [0.29, 0.717) is 17.6 Å². The smallest absolute Gasteiger partial charge is 0.249 e. The minimum absolute atomic E-state index is 0.00304. The number of carbonyl (C=O) groups is 1. The van der Waals surface area contributed by atoms with Crippen molar-refractivity contribution in [3.63, 3.8) is 0 Å². The third kappa shape index (κ3) is 5.42. The first-order valence-corrected chi connectivity index (χ1v) is 11.4. The number of sulfonamides is 1. The van der Waals surface area contributed by atoms with Crippen molar-refractivity contribution in [2.24, 2.45) is 5.92 Å². The highest BCUT2D eigenvalue weighted by Gasteiger charge is 2.31. The summed E-state index contributed by atoms with van der Waals surface area (Å²) in [5, 5.41) is 6.88. The van der Waals surface area contributed by atoms with Crippen LogP contribution >= 0.6 is 0 Å². The molecule has 1 aliphatic rings. The van der Waals surface area contributed by atoms with Crippen molar-refractivity contribution in [2.75, 3.05) is 6.54 Å². The third-order valence-corrected chi connectivity index (χ3v) is 6.54. The van der Waals surface area contributed by atoms with Gasteiger partial charge in [0.15, 0.2) is 5.82 Å². The van der Waals surface area contributed by atoms with Gasteiger partial charge in [-0.1, -0.05) is 25.1 Å². The molecule has 1 amide bonds. The summed E-state index contributed by atoms with van der Waals surface area (Å²) in [5.41, 5.74) is 1.92. The van der Waals surface area contributed by atoms with E-state index in [9.17, 15) is 13.2 Å².